The summed E-state index contributed by atoms with van der Waals surface area (Å²) in [4.78, 5) is 38.0. The van der Waals surface area contributed by atoms with Crippen LogP contribution in [0.2, 0.25) is 0 Å². The molecule has 0 heterocycles. The van der Waals surface area contributed by atoms with Crippen molar-refractivity contribution in [3.05, 3.63) is 146 Å². The summed E-state index contributed by atoms with van der Waals surface area (Å²) < 4.78 is 16.7. The first kappa shape index (κ1) is 73.3. The molecule has 0 fully saturated rings. The van der Waals surface area contributed by atoms with Gasteiger partial charge < -0.3 is 14.2 Å². The van der Waals surface area contributed by atoms with Crippen molar-refractivity contribution in [2.75, 3.05) is 13.2 Å². The van der Waals surface area contributed by atoms with Crippen LogP contribution in [0, 0.1) is 0 Å². The number of hydrogen-bond donors (Lipinski definition) is 0. The molecule has 0 aromatic rings. The first-order chi connectivity index (χ1) is 38.5. The average molecular weight is 1080 g/mol. The fraction of sp³-hybridized carbons (Fsp3) is 0.625. The van der Waals surface area contributed by atoms with Crippen LogP contribution in [0.25, 0.3) is 0 Å². The Kier molecular flexibility index (Phi) is 60.9. The van der Waals surface area contributed by atoms with E-state index in [1.807, 2.05) is 0 Å². The van der Waals surface area contributed by atoms with Crippen molar-refractivity contribution in [1.82, 2.24) is 0 Å². The molecule has 6 nitrogen and oxygen atoms in total. The minimum absolute atomic E-state index is 0.0974. The van der Waals surface area contributed by atoms with Gasteiger partial charge in [-0.25, -0.2) is 0 Å². The summed E-state index contributed by atoms with van der Waals surface area (Å²) in [7, 11) is 0. The number of ether oxygens (including phenoxy) is 3. The molecule has 0 radical (unpaired) electrons. The van der Waals surface area contributed by atoms with Crippen molar-refractivity contribution in [3.8, 4) is 0 Å². The van der Waals surface area contributed by atoms with Crippen molar-refractivity contribution in [3.63, 3.8) is 0 Å². The summed E-state index contributed by atoms with van der Waals surface area (Å²) in [6.07, 6.45) is 93.2. The van der Waals surface area contributed by atoms with Gasteiger partial charge in [-0.1, -0.05) is 269 Å². The molecule has 0 saturated carbocycles. The van der Waals surface area contributed by atoms with E-state index in [9.17, 15) is 14.4 Å². The molecule has 0 bridgehead atoms. The number of esters is 3. The fourth-order valence-corrected chi connectivity index (χ4v) is 8.32. The predicted octanol–water partition coefficient (Wildman–Crippen LogP) is 21.9. The highest BCUT2D eigenvalue weighted by Gasteiger charge is 2.19. The van der Waals surface area contributed by atoms with Gasteiger partial charge in [0.1, 0.15) is 13.2 Å². The summed E-state index contributed by atoms with van der Waals surface area (Å²) >= 11 is 0. The van der Waals surface area contributed by atoms with Crippen molar-refractivity contribution >= 4 is 17.9 Å². The Morgan fingerprint density at radius 3 is 0.808 bits per heavy atom. The lowest BCUT2D eigenvalue weighted by atomic mass is 10.1. The van der Waals surface area contributed by atoms with Crippen molar-refractivity contribution < 1.29 is 28.6 Å². The minimum atomic E-state index is -0.801. The third-order valence-corrected chi connectivity index (χ3v) is 13.1. The topological polar surface area (TPSA) is 78.9 Å². The van der Waals surface area contributed by atoms with E-state index in [-0.39, 0.29) is 31.1 Å². The van der Waals surface area contributed by atoms with Gasteiger partial charge in [-0.05, 0) is 128 Å². The molecule has 0 rings (SSSR count). The molecule has 0 aromatic carbocycles. The molecule has 0 aliphatic carbocycles. The molecule has 0 amide bonds. The van der Waals surface area contributed by atoms with Gasteiger partial charge >= 0.3 is 17.9 Å². The smallest absolute Gasteiger partial charge is 0.306 e. The second-order valence-corrected chi connectivity index (χ2v) is 20.6. The van der Waals surface area contributed by atoms with Crippen molar-refractivity contribution in [2.45, 2.75) is 277 Å². The number of carbonyl (C=O) groups is 3. The maximum absolute atomic E-state index is 12.8. The zero-order valence-corrected chi connectivity index (χ0v) is 50.4. The third-order valence-electron chi connectivity index (χ3n) is 13.1. The molecule has 1 unspecified atom stereocenters. The Labute approximate surface area is 480 Å². The summed E-state index contributed by atoms with van der Waals surface area (Å²) in [6, 6.07) is 0. The summed E-state index contributed by atoms with van der Waals surface area (Å²) in [5.41, 5.74) is 0. The van der Waals surface area contributed by atoms with Crippen LogP contribution in [-0.4, -0.2) is 37.2 Å². The Morgan fingerprint density at radius 1 is 0.269 bits per heavy atom. The van der Waals surface area contributed by atoms with Gasteiger partial charge in [-0.3, -0.25) is 14.4 Å². The number of rotatable bonds is 56. The third kappa shape index (κ3) is 62.1. The van der Waals surface area contributed by atoms with E-state index in [1.54, 1.807) is 0 Å². The Morgan fingerprint density at radius 2 is 0.500 bits per heavy atom. The van der Waals surface area contributed by atoms with Crippen LogP contribution in [0.15, 0.2) is 146 Å². The Bertz CT molecular complexity index is 1710. The monoisotopic (exact) mass is 1080 g/mol. The fourth-order valence-electron chi connectivity index (χ4n) is 8.32. The second kappa shape index (κ2) is 64.8. The Hall–Kier alpha value is -4.71. The lowest BCUT2D eigenvalue weighted by Gasteiger charge is -2.18. The lowest BCUT2D eigenvalue weighted by molar-refractivity contribution is -0.167. The van der Waals surface area contributed by atoms with Crippen molar-refractivity contribution in [2.24, 2.45) is 0 Å². The summed E-state index contributed by atoms with van der Waals surface area (Å²) in [5.74, 6) is -0.960. The van der Waals surface area contributed by atoms with Gasteiger partial charge in [0, 0.05) is 19.3 Å². The predicted molar refractivity (Wildman–Crippen MR) is 339 cm³/mol. The molecular weight excluding hydrogens is 961 g/mol. The molecule has 0 spiro atoms. The molecule has 0 saturated heterocycles. The van der Waals surface area contributed by atoms with E-state index in [1.165, 1.54) is 103 Å². The molecule has 78 heavy (non-hydrogen) atoms. The standard InChI is InChI=1S/C72H116O6/c1-4-7-10-13-16-18-20-22-24-26-28-30-31-32-33-34-35-36-37-38-39-40-41-43-44-46-48-50-52-54-56-59-62-65-71(74)77-68-69(67-76-70(73)64-61-58-15-12-9-6-3)78-72(75)66-63-60-57-55-53-51-49-47-45-42-29-27-25-23-21-19-17-14-11-8-5-2/h7,10,16,18,21-24,27-30,32-33,35-36,38-39,41,43,46,48,52,54,69H,4-6,8-9,11-15,17,19-20,25-26,31,34,37,40,42,44-45,47,49-51,53,55-68H2,1-3H3/b10-7-,18-16-,23-21-,24-22-,29-27-,30-28-,33-32-,36-35-,39-38-,43-41-,48-46-,54-52-. The van der Waals surface area contributed by atoms with Crippen LogP contribution in [-0.2, 0) is 28.6 Å². The lowest BCUT2D eigenvalue weighted by Crippen LogP contribution is -2.30. The molecule has 440 valence electrons. The highest BCUT2D eigenvalue weighted by Crippen LogP contribution is 2.14. The van der Waals surface area contributed by atoms with Crippen molar-refractivity contribution in [1.29, 1.82) is 0 Å². The number of unbranched alkanes of at least 4 members (excludes halogenated alkanes) is 21. The highest BCUT2D eigenvalue weighted by molar-refractivity contribution is 5.71. The maximum Gasteiger partial charge on any atom is 0.306 e. The van der Waals surface area contributed by atoms with E-state index < -0.39 is 6.10 Å². The van der Waals surface area contributed by atoms with E-state index in [2.05, 4.69) is 167 Å². The highest BCUT2D eigenvalue weighted by atomic mass is 16.6. The maximum atomic E-state index is 12.8. The molecule has 0 aliphatic heterocycles. The molecule has 6 heteroatoms. The van der Waals surface area contributed by atoms with E-state index in [4.69, 9.17) is 14.2 Å². The normalized spacial score (nSPS) is 13.1. The first-order valence-electron chi connectivity index (χ1n) is 31.8. The molecule has 0 aliphatic rings. The van der Waals surface area contributed by atoms with Gasteiger partial charge in [-0.15, -0.1) is 0 Å². The SMILES string of the molecule is CC/C=C\C/C=C\C/C=C\C/C=C\C/C=C\C/C=C\C/C=C\C/C=C\C/C=C\C/C=C\CCCCC(=O)OCC(COC(=O)CCCCCCCC)OC(=O)CCCCCCCCCCC/C=C\C/C=C\CCCCCCC. The van der Waals surface area contributed by atoms with Crippen LogP contribution in [0.1, 0.15) is 271 Å². The summed E-state index contributed by atoms with van der Waals surface area (Å²) in [5, 5.41) is 0. The van der Waals surface area contributed by atoms with Crippen LogP contribution in [0.3, 0.4) is 0 Å². The minimum Gasteiger partial charge on any atom is -0.462 e. The summed E-state index contributed by atoms with van der Waals surface area (Å²) in [6.45, 7) is 6.41. The van der Waals surface area contributed by atoms with Gasteiger partial charge in [0.05, 0.1) is 0 Å². The zero-order chi connectivity index (χ0) is 56.4. The van der Waals surface area contributed by atoms with Crippen LogP contribution in [0.5, 0.6) is 0 Å². The molecular formula is C72H116O6. The number of carbonyl (C=O) groups excluding carboxylic acids is 3. The number of allylic oxidation sites excluding steroid dienone is 24. The largest absolute Gasteiger partial charge is 0.462 e. The van der Waals surface area contributed by atoms with Gasteiger partial charge in [0.15, 0.2) is 6.10 Å². The van der Waals surface area contributed by atoms with Gasteiger partial charge in [-0.2, -0.15) is 0 Å². The zero-order valence-electron chi connectivity index (χ0n) is 50.4. The molecule has 0 aromatic heterocycles. The van der Waals surface area contributed by atoms with Gasteiger partial charge in [0.2, 0.25) is 0 Å². The Balaban J connectivity index is 4.23. The number of hydrogen-bond acceptors (Lipinski definition) is 6. The quantitative estimate of drug-likeness (QED) is 0.0261. The van der Waals surface area contributed by atoms with E-state index in [0.717, 1.165) is 122 Å². The van der Waals surface area contributed by atoms with E-state index in [0.29, 0.717) is 25.7 Å². The molecule has 1 atom stereocenters. The van der Waals surface area contributed by atoms with Crippen LogP contribution >= 0.6 is 0 Å². The average Bonchev–Trinajstić information content (AvgIpc) is 3.44. The van der Waals surface area contributed by atoms with E-state index >= 15 is 0 Å². The molecule has 0 N–H and O–H groups in total. The van der Waals surface area contributed by atoms with Crippen LogP contribution in [0.4, 0.5) is 0 Å². The van der Waals surface area contributed by atoms with Gasteiger partial charge in [0.25, 0.3) is 0 Å². The van der Waals surface area contributed by atoms with Crippen LogP contribution < -0.4 is 0 Å². The first-order valence-corrected chi connectivity index (χ1v) is 31.8. The second-order valence-electron chi connectivity index (χ2n) is 20.6.